The highest BCUT2D eigenvalue weighted by molar-refractivity contribution is 6.39. The number of hydrogen-bond donors (Lipinski definition) is 2. The van der Waals surface area contributed by atoms with E-state index in [1.54, 1.807) is 0 Å². The molecule has 0 radical (unpaired) electrons. The van der Waals surface area contributed by atoms with Crippen molar-refractivity contribution in [3.8, 4) is 11.5 Å². The molecule has 32 heavy (non-hydrogen) atoms. The van der Waals surface area contributed by atoms with Crippen molar-refractivity contribution < 1.29 is 19.1 Å². The van der Waals surface area contributed by atoms with Gasteiger partial charge in [0, 0.05) is 17.9 Å². The average Bonchev–Trinajstić information content (AvgIpc) is 2.76. The van der Waals surface area contributed by atoms with Crippen LogP contribution in [0.15, 0.2) is 54.6 Å². The van der Waals surface area contributed by atoms with E-state index in [0.717, 1.165) is 23.9 Å². The van der Waals surface area contributed by atoms with Gasteiger partial charge < -0.3 is 20.1 Å². The second-order valence-corrected chi connectivity index (χ2v) is 7.91. The summed E-state index contributed by atoms with van der Waals surface area (Å²) in [6.45, 7) is 4.57. The number of nitrogens with one attached hydrogen (secondary N) is 2. The zero-order valence-electron chi connectivity index (χ0n) is 17.8. The average molecular weight is 473 g/mol. The van der Waals surface area contributed by atoms with Crippen LogP contribution in [-0.4, -0.2) is 19.0 Å². The molecule has 0 atom stereocenters. The van der Waals surface area contributed by atoms with Gasteiger partial charge in [-0.1, -0.05) is 53.5 Å². The molecule has 0 spiro atoms. The summed E-state index contributed by atoms with van der Waals surface area (Å²) >= 11 is 12.7. The van der Waals surface area contributed by atoms with Crippen molar-refractivity contribution in [3.63, 3.8) is 0 Å². The highest BCUT2D eigenvalue weighted by atomic mass is 35.5. The minimum atomic E-state index is -1.02. The predicted molar refractivity (Wildman–Crippen MR) is 127 cm³/mol. The number of rotatable bonds is 6. The highest BCUT2D eigenvalue weighted by Crippen LogP contribution is 2.41. The van der Waals surface area contributed by atoms with Crippen molar-refractivity contribution in [2.75, 3.05) is 17.7 Å². The van der Waals surface area contributed by atoms with Crippen LogP contribution in [-0.2, 0) is 20.9 Å². The van der Waals surface area contributed by atoms with Crippen LogP contribution in [0.25, 0.3) is 0 Å². The van der Waals surface area contributed by atoms with Gasteiger partial charge in [0.1, 0.15) is 5.75 Å². The number of ether oxygens (including phenoxy) is 2. The second-order valence-electron chi connectivity index (χ2n) is 7.10. The number of carbonyl (C=O) groups excluding carboxylic acids is 2. The van der Waals surface area contributed by atoms with Gasteiger partial charge in [-0.25, -0.2) is 4.79 Å². The first-order valence-corrected chi connectivity index (χ1v) is 10.5. The molecule has 0 unspecified atom stereocenters. The number of carbonyl (C=O) groups is 2. The van der Waals surface area contributed by atoms with Gasteiger partial charge in [-0.3, -0.25) is 4.79 Å². The molecule has 0 aliphatic heterocycles. The maximum atomic E-state index is 11.7. The lowest BCUT2D eigenvalue weighted by molar-refractivity contribution is -0.150. The molecule has 0 heterocycles. The highest BCUT2D eigenvalue weighted by Gasteiger charge is 2.18. The first-order valence-electron chi connectivity index (χ1n) is 9.73. The lowest BCUT2D eigenvalue weighted by atomic mass is 10.1. The molecule has 0 aliphatic rings. The van der Waals surface area contributed by atoms with Crippen molar-refractivity contribution in [3.05, 3.63) is 81.3 Å². The molecular weight excluding hydrogens is 451 g/mol. The molecule has 0 aromatic heterocycles. The number of amides is 1. The molecule has 1 amide bonds. The Balaban J connectivity index is 1.77. The van der Waals surface area contributed by atoms with Gasteiger partial charge in [0.05, 0.1) is 17.2 Å². The molecular formula is C24H22Cl2N2O4. The van der Waals surface area contributed by atoms with E-state index >= 15 is 0 Å². The summed E-state index contributed by atoms with van der Waals surface area (Å²) < 4.78 is 10.4. The van der Waals surface area contributed by atoms with Crippen LogP contribution in [0.3, 0.4) is 0 Å². The van der Waals surface area contributed by atoms with Crippen LogP contribution in [0.1, 0.15) is 16.7 Å². The van der Waals surface area contributed by atoms with Gasteiger partial charge in [-0.05, 0) is 54.8 Å². The van der Waals surface area contributed by atoms with Crippen LogP contribution in [0.4, 0.5) is 11.4 Å². The topological polar surface area (TPSA) is 76.7 Å². The Morgan fingerprint density at radius 3 is 2.03 bits per heavy atom. The quantitative estimate of drug-likeness (QED) is 0.333. The zero-order valence-corrected chi connectivity index (χ0v) is 19.3. The van der Waals surface area contributed by atoms with E-state index in [4.69, 9.17) is 27.9 Å². The fourth-order valence-corrected chi connectivity index (χ4v) is 3.68. The summed E-state index contributed by atoms with van der Waals surface area (Å²) in [5.41, 5.74) is 4.19. The molecule has 0 fully saturated rings. The van der Waals surface area contributed by atoms with Gasteiger partial charge in [-0.15, -0.1) is 0 Å². The van der Waals surface area contributed by atoms with Gasteiger partial charge in [0.2, 0.25) is 0 Å². The molecule has 6 nitrogen and oxygen atoms in total. The maximum absolute atomic E-state index is 11.7. The lowest BCUT2D eigenvalue weighted by Crippen LogP contribution is -2.23. The first-order chi connectivity index (χ1) is 15.3. The van der Waals surface area contributed by atoms with E-state index in [9.17, 15) is 9.59 Å². The molecule has 3 rings (SSSR count). The van der Waals surface area contributed by atoms with Gasteiger partial charge in [-0.2, -0.15) is 0 Å². The third-order valence-electron chi connectivity index (χ3n) is 4.63. The summed E-state index contributed by atoms with van der Waals surface area (Å²) in [4.78, 5) is 23.0. The van der Waals surface area contributed by atoms with Crippen molar-refractivity contribution in [1.29, 1.82) is 0 Å². The first kappa shape index (κ1) is 23.4. The number of hydrogen-bond acceptors (Lipinski definition) is 5. The summed E-state index contributed by atoms with van der Waals surface area (Å²) in [5, 5.41) is 6.15. The molecule has 166 valence electrons. The number of aryl methyl sites for hydroxylation is 2. The largest absolute Gasteiger partial charge is 0.462 e. The third kappa shape index (κ3) is 5.72. The molecule has 0 saturated heterocycles. The SMILES string of the molecule is COC(=O)C(=O)Nc1cc(Cl)c(Oc2c(C)cc(NCc3ccccc3)cc2C)c(Cl)c1. The maximum Gasteiger partial charge on any atom is 0.396 e. The summed E-state index contributed by atoms with van der Waals surface area (Å²) in [7, 11) is 1.12. The van der Waals surface area contributed by atoms with Crippen molar-refractivity contribution in [2.45, 2.75) is 20.4 Å². The van der Waals surface area contributed by atoms with Crippen molar-refractivity contribution in [2.24, 2.45) is 0 Å². The molecule has 0 saturated carbocycles. The Morgan fingerprint density at radius 1 is 0.875 bits per heavy atom. The van der Waals surface area contributed by atoms with Crippen LogP contribution < -0.4 is 15.4 Å². The molecule has 2 N–H and O–H groups in total. The van der Waals surface area contributed by atoms with E-state index in [-0.39, 0.29) is 21.5 Å². The zero-order chi connectivity index (χ0) is 23.3. The molecule has 3 aromatic rings. The molecule has 0 aliphatic carbocycles. The second kappa shape index (κ2) is 10.4. The van der Waals surface area contributed by atoms with Gasteiger partial charge in [0.25, 0.3) is 0 Å². The van der Waals surface area contributed by atoms with E-state index in [0.29, 0.717) is 12.3 Å². The van der Waals surface area contributed by atoms with Crippen molar-refractivity contribution in [1.82, 2.24) is 0 Å². The number of methoxy groups -OCH3 is 1. The monoisotopic (exact) mass is 472 g/mol. The van der Waals surface area contributed by atoms with Crippen LogP contribution >= 0.6 is 23.2 Å². The normalized spacial score (nSPS) is 10.4. The Kier molecular flexibility index (Phi) is 7.62. The standard InChI is InChI=1S/C24H22Cl2N2O4/c1-14-9-17(27-13-16-7-5-4-6-8-16)10-15(2)21(14)32-22-19(25)11-18(12-20(22)26)28-23(29)24(30)31-3/h4-12,27H,13H2,1-3H3,(H,28,29). The third-order valence-corrected chi connectivity index (χ3v) is 5.19. The summed E-state index contributed by atoms with van der Waals surface area (Å²) in [5.74, 6) is -1.07. The fraction of sp³-hybridized carbons (Fsp3) is 0.167. The molecule has 8 heteroatoms. The van der Waals surface area contributed by atoms with E-state index in [1.165, 1.54) is 17.7 Å². The summed E-state index contributed by atoms with van der Waals surface area (Å²) in [6.07, 6.45) is 0. The number of esters is 1. The van der Waals surface area contributed by atoms with Crippen LogP contribution in [0, 0.1) is 13.8 Å². The Bertz CT molecular complexity index is 1100. The molecule has 0 bridgehead atoms. The minimum absolute atomic E-state index is 0.183. The number of halogens is 2. The van der Waals surface area contributed by atoms with Gasteiger partial charge >= 0.3 is 11.9 Å². The van der Waals surface area contributed by atoms with E-state index in [1.807, 2.05) is 44.2 Å². The van der Waals surface area contributed by atoms with E-state index < -0.39 is 11.9 Å². The number of anilines is 2. The van der Waals surface area contributed by atoms with Crippen LogP contribution in [0.5, 0.6) is 11.5 Å². The van der Waals surface area contributed by atoms with Crippen molar-refractivity contribution >= 4 is 46.5 Å². The number of benzene rings is 3. The molecule has 3 aromatic carbocycles. The summed E-state index contributed by atoms with van der Waals surface area (Å²) in [6, 6.07) is 17.0. The van der Waals surface area contributed by atoms with Gasteiger partial charge in [0.15, 0.2) is 5.75 Å². The fourth-order valence-electron chi connectivity index (χ4n) is 3.12. The lowest BCUT2D eigenvalue weighted by Gasteiger charge is -2.17. The smallest absolute Gasteiger partial charge is 0.396 e. The Hall–Kier alpha value is -3.22. The Labute approximate surface area is 196 Å². The van der Waals surface area contributed by atoms with Crippen LogP contribution in [0.2, 0.25) is 10.0 Å². The minimum Gasteiger partial charge on any atom is -0.462 e. The Morgan fingerprint density at radius 2 is 1.47 bits per heavy atom. The van der Waals surface area contributed by atoms with E-state index in [2.05, 4.69) is 27.5 Å². The predicted octanol–water partition coefficient (Wildman–Crippen LogP) is 6.13.